The van der Waals surface area contributed by atoms with Crippen LogP contribution in [0.15, 0.2) is 40.6 Å². The van der Waals surface area contributed by atoms with Crippen molar-refractivity contribution >= 4 is 10.0 Å². The van der Waals surface area contributed by atoms with E-state index in [0.717, 1.165) is 5.56 Å². The van der Waals surface area contributed by atoms with Crippen molar-refractivity contribution in [3.63, 3.8) is 0 Å². The average Bonchev–Trinajstić information content (AvgIpc) is 2.77. The van der Waals surface area contributed by atoms with Crippen LogP contribution in [0.4, 0.5) is 0 Å². The molecular weight excluding hydrogens is 286 g/mol. The maximum Gasteiger partial charge on any atom is 0.265 e. The predicted octanol–water partition coefficient (Wildman–Crippen LogP) is 2.11. The Balaban J connectivity index is 2.53. The van der Waals surface area contributed by atoms with Gasteiger partial charge in [0.15, 0.2) is 0 Å². The molecular formula is C15H19N3O2S. The first kappa shape index (κ1) is 15.4. The largest absolute Gasteiger partial charge is 0.384 e. The molecule has 1 unspecified atom stereocenters. The highest BCUT2D eigenvalue weighted by Crippen LogP contribution is 2.35. The van der Waals surface area contributed by atoms with Crippen molar-refractivity contribution in [2.75, 3.05) is 0 Å². The summed E-state index contributed by atoms with van der Waals surface area (Å²) in [5, 5.41) is 9.12. The molecule has 6 heteroatoms. The molecule has 5 nitrogen and oxygen atoms in total. The predicted molar refractivity (Wildman–Crippen MR) is 80.3 cm³/mol. The summed E-state index contributed by atoms with van der Waals surface area (Å²) in [5.74, 6) is 0.117. The number of hydrogen-bond donors (Lipinski definition) is 1. The fraction of sp³-hybridized carbons (Fsp3) is 0.400. The number of nitriles is 1. The SMILES string of the molecule is Cc1ccc(S(=O)(=O)N2C(N)=C(C#N)CC2C(C)C)cc1. The maximum absolute atomic E-state index is 12.8. The van der Waals surface area contributed by atoms with Gasteiger partial charge in [0.25, 0.3) is 10.0 Å². The van der Waals surface area contributed by atoms with E-state index in [4.69, 9.17) is 11.0 Å². The molecule has 0 aliphatic carbocycles. The lowest BCUT2D eigenvalue weighted by Crippen LogP contribution is -2.41. The van der Waals surface area contributed by atoms with Crippen molar-refractivity contribution in [1.82, 2.24) is 4.31 Å². The lowest BCUT2D eigenvalue weighted by atomic mass is 10.0. The van der Waals surface area contributed by atoms with E-state index in [9.17, 15) is 8.42 Å². The number of rotatable bonds is 3. The zero-order valence-corrected chi connectivity index (χ0v) is 13.2. The Morgan fingerprint density at radius 1 is 1.33 bits per heavy atom. The molecule has 0 saturated heterocycles. The van der Waals surface area contributed by atoms with Crippen molar-refractivity contribution in [2.45, 2.75) is 38.1 Å². The molecule has 1 aromatic rings. The standard InChI is InChI=1S/C15H19N3O2S/c1-10(2)14-8-12(9-16)15(17)18(14)21(19,20)13-6-4-11(3)5-7-13/h4-7,10,14H,8,17H2,1-3H3. The normalized spacial score (nSPS) is 19.2. The van der Waals surface area contributed by atoms with E-state index in [1.54, 1.807) is 24.3 Å². The summed E-state index contributed by atoms with van der Waals surface area (Å²) in [7, 11) is -3.74. The number of hydrogen-bond acceptors (Lipinski definition) is 4. The molecule has 1 aromatic carbocycles. The van der Waals surface area contributed by atoms with Crippen molar-refractivity contribution < 1.29 is 8.42 Å². The first-order chi connectivity index (χ1) is 9.78. The highest BCUT2D eigenvalue weighted by Gasteiger charge is 2.40. The van der Waals surface area contributed by atoms with Crippen LogP contribution < -0.4 is 5.73 Å². The second-order valence-corrected chi connectivity index (χ2v) is 7.42. The van der Waals surface area contributed by atoms with Crippen LogP contribution in [0.25, 0.3) is 0 Å². The monoisotopic (exact) mass is 305 g/mol. The first-order valence-corrected chi connectivity index (χ1v) is 8.23. The quantitative estimate of drug-likeness (QED) is 0.926. The highest BCUT2D eigenvalue weighted by atomic mass is 32.2. The highest BCUT2D eigenvalue weighted by molar-refractivity contribution is 7.89. The van der Waals surface area contributed by atoms with Crippen LogP contribution in [0.3, 0.4) is 0 Å². The Labute approximate surface area is 125 Å². The molecule has 0 saturated carbocycles. The fourth-order valence-corrected chi connectivity index (χ4v) is 4.20. The van der Waals surface area contributed by atoms with E-state index in [2.05, 4.69) is 0 Å². The molecule has 21 heavy (non-hydrogen) atoms. The minimum atomic E-state index is -3.74. The van der Waals surface area contributed by atoms with Gasteiger partial charge in [-0.25, -0.2) is 12.7 Å². The molecule has 1 atom stereocenters. The molecule has 2 rings (SSSR count). The maximum atomic E-state index is 12.8. The summed E-state index contributed by atoms with van der Waals surface area (Å²) in [4.78, 5) is 0.195. The van der Waals surface area contributed by atoms with Crippen LogP contribution >= 0.6 is 0 Å². The minimum Gasteiger partial charge on any atom is -0.384 e. The Kier molecular flexibility index (Phi) is 3.97. The molecule has 0 spiro atoms. The molecule has 0 aromatic heterocycles. The smallest absolute Gasteiger partial charge is 0.265 e. The van der Waals surface area contributed by atoms with Gasteiger partial charge in [0.05, 0.1) is 22.6 Å². The Hall–Kier alpha value is -2.00. The Bertz CT molecular complexity index is 712. The minimum absolute atomic E-state index is 0.0526. The molecule has 0 fully saturated rings. The number of sulfonamides is 1. The molecule has 1 aliphatic rings. The lowest BCUT2D eigenvalue weighted by Gasteiger charge is -2.29. The van der Waals surface area contributed by atoms with Gasteiger partial charge in [-0.3, -0.25) is 0 Å². The third-order valence-corrected chi connectivity index (χ3v) is 5.60. The zero-order chi connectivity index (χ0) is 15.8. The van der Waals surface area contributed by atoms with Crippen molar-refractivity contribution in [3.8, 4) is 6.07 Å². The van der Waals surface area contributed by atoms with Gasteiger partial charge in [0.2, 0.25) is 0 Å². The first-order valence-electron chi connectivity index (χ1n) is 6.79. The van der Waals surface area contributed by atoms with E-state index in [1.165, 1.54) is 4.31 Å². The summed E-state index contributed by atoms with van der Waals surface area (Å²) in [5.41, 5.74) is 7.24. The van der Waals surface area contributed by atoms with Gasteiger partial charge in [-0.2, -0.15) is 5.26 Å². The summed E-state index contributed by atoms with van der Waals surface area (Å²) < 4.78 is 26.9. The number of nitrogens with zero attached hydrogens (tertiary/aromatic N) is 2. The Morgan fingerprint density at radius 3 is 2.38 bits per heavy atom. The molecule has 1 heterocycles. The van der Waals surface area contributed by atoms with Gasteiger partial charge in [0.1, 0.15) is 5.82 Å². The van der Waals surface area contributed by atoms with E-state index in [0.29, 0.717) is 12.0 Å². The lowest BCUT2D eigenvalue weighted by molar-refractivity contribution is 0.324. The topological polar surface area (TPSA) is 87.2 Å². The van der Waals surface area contributed by atoms with Gasteiger partial charge in [-0.1, -0.05) is 31.5 Å². The zero-order valence-electron chi connectivity index (χ0n) is 12.4. The van der Waals surface area contributed by atoms with Gasteiger partial charge < -0.3 is 5.73 Å². The fourth-order valence-electron chi connectivity index (χ4n) is 2.45. The van der Waals surface area contributed by atoms with Gasteiger partial charge in [-0.05, 0) is 25.0 Å². The van der Waals surface area contributed by atoms with Crippen LogP contribution in [-0.2, 0) is 10.0 Å². The summed E-state index contributed by atoms with van der Waals surface area (Å²) in [6.45, 7) is 5.75. The second-order valence-electron chi connectivity index (χ2n) is 5.61. The summed E-state index contributed by atoms with van der Waals surface area (Å²) in [6, 6.07) is 8.33. The molecule has 112 valence electrons. The summed E-state index contributed by atoms with van der Waals surface area (Å²) in [6.07, 6.45) is 0.366. The van der Waals surface area contributed by atoms with Crippen LogP contribution in [0, 0.1) is 24.2 Å². The van der Waals surface area contributed by atoms with Gasteiger partial charge in [0, 0.05) is 6.42 Å². The molecule has 0 amide bonds. The van der Waals surface area contributed by atoms with Crippen LogP contribution in [-0.4, -0.2) is 18.8 Å². The van der Waals surface area contributed by atoms with Crippen LogP contribution in [0.2, 0.25) is 0 Å². The van der Waals surface area contributed by atoms with Gasteiger partial charge in [-0.15, -0.1) is 0 Å². The average molecular weight is 305 g/mol. The second kappa shape index (κ2) is 5.41. The van der Waals surface area contributed by atoms with Crippen LogP contribution in [0.1, 0.15) is 25.8 Å². The van der Waals surface area contributed by atoms with E-state index >= 15 is 0 Å². The Morgan fingerprint density at radius 2 is 1.90 bits per heavy atom. The number of nitrogens with two attached hydrogens (primary N) is 1. The van der Waals surface area contributed by atoms with E-state index in [1.807, 2.05) is 26.8 Å². The number of benzene rings is 1. The van der Waals surface area contributed by atoms with Crippen molar-refractivity contribution in [1.29, 1.82) is 5.26 Å². The van der Waals surface area contributed by atoms with E-state index < -0.39 is 10.0 Å². The van der Waals surface area contributed by atoms with Crippen LogP contribution in [0.5, 0.6) is 0 Å². The summed E-state index contributed by atoms with van der Waals surface area (Å²) >= 11 is 0. The van der Waals surface area contributed by atoms with Crippen molar-refractivity contribution in [3.05, 3.63) is 41.2 Å². The molecule has 1 aliphatic heterocycles. The number of aryl methyl sites for hydroxylation is 1. The van der Waals surface area contributed by atoms with Crippen molar-refractivity contribution in [2.24, 2.45) is 11.7 Å². The molecule has 0 radical (unpaired) electrons. The molecule has 2 N–H and O–H groups in total. The third kappa shape index (κ3) is 2.61. The van der Waals surface area contributed by atoms with Gasteiger partial charge >= 0.3 is 0 Å². The van der Waals surface area contributed by atoms with E-state index in [-0.39, 0.29) is 22.7 Å². The molecule has 0 bridgehead atoms. The third-order valence-electron chi connectivity index (χ3n) is 3.74.